The molecule has 7 nitrogen and oxygen atoms in total. The lowest BCUT2D eigenvalue weighted by Crippen LogP contribution is -2.35. The van der Waals surface area contributed by atoms with E-state index in [-0.39, 0.29) is 6.09 Å². The van der Waals surface area contributed by atoms with Crippen LogP contribution in [0.1, 0.15) is 99.0 Å². The molecule has 1 atom stereocenters. The third-order valence-electron chi connectivity index (χ3n) is 8.94. The average Bonchev–Trinajstić information content (AvgIpc) is 3.15. The highest BCUT2D eigenvalue weighted by Crippen LogP contribution is 2.50. The van der Waals surface area contributed by atoms with Gasteiger partial charge in [0.1, 0.15) is 5.60 Å². The van der Waals surface area contributed by atoms with Gasteiger partial charge >= 0.3 is 12.1 Å². The lowest BCUT2D eigenvalue weighted by molar-refractivity contribution is 0.0525. The molecule has 1 fully saturated rings. The van der Waals surface area contributed by atoms with E-state index >= 15 is 0 Å². The zero-order chi connectivity index (χ0) is 28.0. The summed E-state index contributed by atoms with van der Waals surface area (Å²) in [6.45, 7) is 8.92. The fraction of sp³-hybridized carbons (Fsp3) is 0.515. The molecule has 0 spiro atoms. The second kappa shape index (κ2) is 10.5. The number of anilines is 1. The molecule has 40 heavy (non-hydrogen) atoms. The van der Waals surface area contributed by atoms with Gasteiger partial charge in [0.2, 0.25) is 0 Å². The van der Waals surface area contributed by atoms with Crippen LogP contribution >= 0.6 is 0 Å². The molecule has 1 unspecified atom stereocenters. The predicted molar refractivity (Wildman–Crippen MR) is 159 cm³/mol. The summed E-state index contributed by atoms with van der Waals surface area (Å²) < 4.78 is 7.86. The van der Waals surface area contributed by atoms with Gasteiger partial charge in [0.15, 0.2) is 0 Å². The number of aromatic nitrogens is 1. The molecule has 6 rings (SSSR count). The molecule has 7 heteroatoms. The van der Waals surface area contributed by atoms with E-state index in [0.717, 1.165) is 38.0 Å². The Morgan fingerprint density at radius 1 is 1.02 bits per heavy atom. The van der Waals surface area contributed by atoms with Crippen molar-refractivity contribution in [2.75, 3.05) is 24.5 Å². The summed E-state index contributed by atoms with van der Waals surface area (Å²) in [6.07, 6.45) is 7.70. The van der Waals surface area contributed by atoms with Crippen molar-refractivity contribution in [3.8, 4) is 11.3 Å². The number of nitrogens with zero attached hydrogens (tertiary/aromatic N) is 2. The molecule has 2 aromatic carbocycles. The van der Waals surface area contributed by atoms with Gasteiger partial charge in [0, 0.05) is 48.3 Å². The highest BCUT2D eigenvalue weighted by atomic mass is 16.6. The number of benzene rings is 2. The van der Waals surface area contributed by atoms with Crippen LogP contribution in [0, 0.1) is 0 Å². The van der Waals surface area contributed by atoms with Crippen LogP contribution in [0.4, 0.5) is 10.5 Å². The molecular weight excluding hydrogens is 502 g/mol. The summed E-state index contributed by atoms with van der Waals surface area (Å²) in [5.41, 5.74) is 7.54. The Balaban J connectivity index is 1.41. The molecule has 1 aromatic heterocycles. The molecule has 3 aromatic rings. The monoisotopic (exact) mass is 543 g/mol. The fourth-order valence-electron chi connectivity index (χ4n) is 7.26. The number of para-hydroxylation sites is 1. The minimum absolute atomic E-state index is 0.347. The van der Waals surface area contributed by atoms with Crippen LogP contribution in [0.2, 0.25) is 0 Å². The van der Waals surface area contributed by atoms with Gasteiger partial charge < -0.3 is 24.6 Å². The number of rotatable bonds is 5. The molecule has 2 aliphatic heterocycles. The third kappa shape index (κ3) is 4.95. The zero-order valence-corrected chi connectivity index (χ0v) is 24.0. The number of ether oxygens (including phenoxy) is 1. The topological polar surface area (TPSA) is 83.8 Å². The van der Waals surface area contributed by atoms with Crippen LogP contribution in [-0.4, -0.2) is 47.0 Å². The highest BCUT2D eigenvalue weighted by molar-refractivity contribution is 6.00. The van der Waals surface area contributed by atoms with Crippen LogP contribution in [0.15, 0.2) is 36.4 Å². The maximum Gasteiger partial charge on any atom is 0.407 e. The van der Waals surface area contributed by atoms with E-state index in [2.05, 4.69) is 39.0 Å². The van der Waals surface area contributed by atoms with Gasteiger partial charge in [-0.25, -0.2) is 9.59 Å². The number of hydrogen-bond acceptors (Lipinski definition) is 4. The van der Waals surface area contributed by atoms with Gasteiger partial charge in [0.25, 0.3) is 0 Å². The molecule has 0 radical (unpaired) electrons. The Bertz CT molecular complexity index is 1440. The molecule has 3 aliphatic rings. The van der Waals surface area contributed by atoms with Gasteiger partial charge in [-0.15, -0.1) is 0 Å². The number of amides is 1. The average molecular weight is 544 g/mol. The molecule has 1 saturated carbocycles. The number of hydrogen-bond donors (Lipinski definition) is 2. The minimum Gasteiger partial charge on any atom is -0.478 e. The van der Waals surface area contributed by atoms with Gasteiger partial charge in [-0.1, -0.05) is 43.5 Å². The van der Waals surface area contributed by atoms with E-state index in [1.165, 1.54) is 65.6 Å². The maximum atomic E-state index is 12.2. The highest BCUT2D eigenvalue weighted by Gasteiger charge is 2.34. The Labute approximate surface area is 236 Å². The summed E-state index contributed by atoms with van der Waals surface area (Å²) in [7, 11) is 0. The smallest absolute Gasteiger partial charge is 0.407 e. The van der Waals surface area contributed by atoms with Gasteiger partial charge in [0.05, 0.1) is 11.3 Å². The SMILES string of the molecule is CC(C)(C)OC(=O)NCCC1CCN2CCn3c(c(C4CCCCC4)c4ccc(C(=O)O)cc43)-c3cccc1c32. The quantitative estimate of drug-likeness (QED) is 0.353. The van der Waals surface area contributed by atoms with E-state index in [4.69, 9.17) is 4.74 Å². The summed E-state index contributed by atoms with van der Waals surface area (Å²) in [4.78, 5) is 26.7. The second-order valence-electron chi connectivity index (χ2n) is 12.7. The molecule has 0 saturated heterocycles. The first kappa shape index (κ1) is 26.7. The Morgan fingerprint density at radius 3 is 2.58 bits per heavy atom. The Morgan fingerprint density at radius 2 is 1.82 bits per heavy atom. The lowest BCUT2D eigenvalue weighted by atomic mass is 9.80. The normalized spacial score (nSPS) is 19.1. The van der Waals surface area contributed by atoms with E-state index in [1.807, 2.05) is 26.8 Å². The Hall–Kier alpha value is -3.48. The van der Waals surface area contributed by atoms with E-state index in [0.29, 0.717) is 23.9 Å². The number of aromatic carboxylic acids is 1. The van der Waals surface area contributed by atoms with Gasteiger partial charge in [-0.3, -0.25) is 0 Å². The van der Waals surface area contributed by atoms with Gasteiger partial charge in [-0.2, -0.15) is 0 Å². The van der Waals surface area contributed by atoms with Crippen LogP contribution in [-0.2, 0) is 11.3 Å². The van der Waals surface area contributed by atoms with E-state index in [1.54, 1.807) is 6.07 Å². The van der Waals surface area contributed by atoms with Crippen molar-refractivity contribution < 1.29 is 19.4 Å². The molecule has 212 valence electrons. The number of carbonyl (C=O) groups excluding carboxylic acids is 1. The molecule has 2 N–H and O–H groups in total. The number of nitrogens with one attached hydrogen (secondary N) is 1. The summed E-state index contributed by atoms with van der Waals surface area (Å²) in [5, 5.41) is 14.0. The van der Waals surface area contributed by atoms with E-state index in [9.17, 15) is 14.7 Å². The number of carbonyl (C=O) groups is 2. The van der Waals surface area contributed by atoms with Crippen molar-refractivity contribution in [3.63, 3.8) is 0 Å². The summed E-state index contributed by atoms with van der Waals surface area (Å²) >= 11 is 0. The fourth-order valence-corrected chi connectivity index (χ4v) is 7.26. The standard InChI is InChI=1S/C33H41N3O4/c1-33(2,3)40-32(39)34-16-14-21-15-17-35-18-19-36-27-20-23(31(37)38)12-13-25(27)28(22-8-5-4-6-9-22)30(36)26-11-7-10-24(21)29(26)35/h7,10-13,20-22H,4-6,8-9,14-19H2,1-3H3,(H,34,39)(H,37,38). The minimum atomic E-state index is -0.879. The van der Waals surface area contributed by atoms with Crippen molar-refractivity contribution in [2.45, 2.75) is 89.7 Å². The maximum absolute atomic E-state index is 12.2. The number of carboxylic acid groups (broad SMARTS) is 1. The first-order chi connectivity index (χ1) is 19.2. The van der Waals surface area contributed by atoms with Crippen LogP contribution in [0.3, 0.4) is 0 Å². The molecule has 1 aliphatic carbocycles. The first-order valence-corrected chi connectivity index (χ1v) is 15.0. The van der Waals surface area contributed by atoms with E-state index < -0.39 is 11.6 Å². The first-order valence-electron chi connectivity index (χ1n) is 15.0. The molecule has 0 bridgehead atoms. The Kier molecular flexibility index (Phi) is 7.01. The predicted octanol–water partition coefficient (Wildman–Crippen LogP) is 7.28. The lowest BCUT2D eigenvalue weighted by Gasteiger charge is -2.36. The third-order valence-corrected chi connectivity index (χ3v) is 8.94. The second-order valence-corrected chi connectivity index (χ2v) is 12.7. The summed E-state index contributed by atoms with van der Waals surface area (Å²) in [5.74, 6) is -0.0350. The molecular formula is C33H41N3O4. The van der Waals surface area contributed by atoms with Crippen molar-refractivity contribution in [1.82, 2.24) is 9.88 Å². The number of fused-ring (bicyclic) bond motifs is 4. The largest absolute Gasteiger partial charge is 0.478 e. The van der Waals surface area contributed by atoms with Gasteiger partial charge in [-0.05, 0) is 81.5 Å². The number of carboxylic acids is 1. The molecule has 3 heterocycles. The number of alkyl carbamates (subject to hydrolysis) is 1. The van der Waals surface area contributed by atoms with Crippen molar-refractivity contribution in [2.24, 2.45) is 0 Å². The van der Waals surface area contributed by atoms with Crippen LogP contribution in [0.5, 0.6) is 0 Å². The van der Waals surface area contributed by atoms with Crippen LogP contribution < -0.4 is 10.2 Å². The van der Waals surface area contributed by atoms with Crippen molar-refractivity contribution >= 4 is 28.7 Å². The summed E-state index contributed by atoms with van der Waals surface area (Å²) in [6, 6.07) is 12.4. The molecule has 1 amide bonds. The van der Waals surface area contributed by atoms with Crippen molar-refractivity contribution in [1.29, 1.82) is 0 Å². The van der Waals surface area contributed by atoms with Crippen molar-refractivity contribution in [3.05, 3.63) is 53.1 Å². The van der Waals surface area contributed by atoms with Crippen LogP contribution in [0.25, 0.3) is 22.2 Å². The zero-order valence-electron chi connectivity index (χ0n) is 24.0.